The Kier molecular flexibility index (Phi) is 4.37. The molecule has 21 heavy (non-hydrogen) atoms. The molecule has 7 heteroatoms. The molecule has 114 valence electrons. The van der Waals surface area contributed by atoms with Crippen molar-refractivity contribution in [3.05, 3.63) is 32.3 Å². The predicted octanol–water partition coefficient (Wildman–Crippen LogP) is 4.62. The van der Waals surface area contributed by atoms with Crippen molar-refractivity contribution in [2.75, 3.05) is 7.05 Å². The molecule has 2 unspecified atom stereocenters. The molecular formula is C14H16Cl2N2O2S. The minimum absolute atomic E-state index is 0.0576. The van der Waals surface area contributed by atoms with Crippen molar-refractivity contribution in [1.29, 1.82) is 0 Å². The average Bonchev–Trinajstić information content (AvgIpc) is 2.64. The number of nitro benzene ring substituents is 1. The monoisotopic (exact) mass is 346 g/mol. The molecule has 2 saturated heterocycles. The number of nitrogens with zero attached hydrogens (tertiary/aromatic N) is 2. The van der Waals surface area contributed by atoms with Gasteiger partial charge in [0.1, 0.15) is 0 Å². The molecule has 4 nitrogen and oxygen atoms in total. The van der Waals surface area contributed by atoms with E-state index in [1.165, 1.54) is 25.0 Å². The first-order valence-corrected chi connectivity index (χ1v) is 8.61. The summed E-state index contributed by atoms with van der Waals surface area (Å²) in [5, 5.41) is 12.1. The van der Waals surface area contributed by atoms with Gasteiger partial charge in [0, 0.05) is 34.4 Å². The third-order valence-corrected chi connectivity index (χ3v) is 6.75. The summed E-state index contributed by atoms with van der Waals surface area (Å²) in [6.45, 7) is 0. The lowest BCUT2D eigenvalue weighted by molar-refractivity contribution is -0.384. The number of fused-ring (bicyclic) bond motifs is 2. The number of nitro groups is 1. The molecule has 0 spiro atoms. The van der Waals surface area contributed by atoms with Crippen molar-refractivity contribution in [3.63, 3.8) is 0 Å². The Morgan fingerprint density at radius 1 is 1.24 bits per heavy atom. The molecule has 0 saturated carbocycles. The summed E-state index contributed by atoms with van der Waals surface area (Å²) in [5.74, 6) is 0. The molecule has 1 aromatic rings. The van der Waals surface area contributed by atoms with E-state index in [1.807, 2.05) is 0 Å². The largest absolute Gasteiger partial charge is 0.300 e. The molecule has 2 heterocycles. The molecule has 0 aromatic heterocycles. The van der Waals surface area contributed by atoms with Crippen LogP contribution in [-0.2, 0) is 0 Å². The van der Waals surface area contributed by atoms with Crippen LogP contribution < -0.4 is 0 Å². The number of halogens is 2. The number of rotatable bonds is 3. The Bertz CT molecular complexity index is 547. The molecule has 2 bridgehead atoms. The lowest BCUT2D eigenvalue weighted by Gasteiger charge is -2.36. The Labute approximate surface area is 137 Å². The quantitative estimate of drug-likeness (QED) is 0.591. The topological polar surface area (TPSA) is 46.4 Å². The van der Waals surface area contributed by atoms with E-state index >= 15 is 0 Å². The van der Waals surface area contributed by atoms with Gasteiger partial charge in [0.25, 0.3) is 5.69 Å². The van der Waals surface area contributed by atoms with Gasteiger partial charge in [-0.05, 0) is 32.7 Å². The number of thioether (sulfide) groups is 1. The highest BCUT2D eigenvalue weighted by Crippen LogP contribution is 2.45. The van der Waals surface area contributed by atoms with E-state index in [0.717, 1.165) is 17.7 Å². The van der Waals surface area contributed by atoms with Crippen LogP contribution in [0.1, 0.15) is 25.7 Å². The summed E-state index contributed by atoms with van der Waals surface area (Å²) < 4.78 is 0. The van der Waals surface area contributed by atoms with E-state index in [4.69, 9.17) is 23.2 Å². The molecular weight excluding hydrogens is 331 g/mol. The summed E-state index contributed by atoms with van der Waals surface area (Å²) in [5.41, 5.74) is -0.0576. The van der Waals surface area contributed by atoms with Crippen molar-refractivity contribution in [2.45, 2.75) is 47.9 Å². The summed E-state index contributed by atoms with van der Waals surface area (Å²) in [6.07, 6.45) is 4.78. The highest BCUT2D eigenvalue weighted by atomic mass is 35.5. The standard InChI is InChI=1S/C14H16Cl2N2O2S/c1-17-8-2-3-9(17)5-11(4-8)21-14-12(15)6-10(18(19)20)7-13(14)16/h6-9,11H,2-5H2,1H3. The SMILES string of the molecule is CN1C2CCC1CC(Sc1c(Cl)cc([N+](=O)[O-])cc1Cl)C2. The van der Waals surface area contributed by atoms with E-state index in [9.17, 15) is 10.1 Å². The first-order valence-electron chi connectivity index (χ1n) is 6.97. The van der Waals surface area contributed by atoms with Crippen LogP contribution in [0.2, 0.25) is 10.0 Å². The van der Waals surface area contributed by atoms with Crippen molar-refractivity contribution in [3.8, 4) is 0 Å². The van der Waals surface area contributed by atoms with Crippen LogP contribution in [-0.4, -0.2) is 34.2 Å². The maximum Gasteiger partial charge on any atom is 0.272 e. The van der Waals surface area contributed by atoms with Gasteiger partial charge in [-0.25, -0.2) is 0 Å². The number of hydrogen-bond donors (Lipinski definition) is 0. The van der Waals surface area contributed by atoms with Gasteiger partial charge in [-0.1, -0.05) is 23.2 Å². The highest BCUT2D eigenvalue weighted by Gasteiger charge is 2.39. The van der Waals surface area contributed by atoms with Crippen molar-refractivity contribution in [2.24, 2.45) is 0 Å². The molecule has 0 aliphatic carbocycles. The minimum Gasteiger partial charge on any atom is -0.300 e. The fraction of sp³-hybridized carbons (Fsp3) is 0.571. The van der Waals surface area contributed by atoms with Crippen LogP contribution in [0.5, 0.6) is 0 Å². The molecule has 2 aliphatic rings. The molecule has 2 aliphatic heterocycles. The Morgan fingerprint density at radius 3 is 2.24 bits per heavy atom. The number of non-ortho nitro benzene ring substituents is 1. The summed E-state index contributed by atoms with van der Waals surface area (Å²) in [6, 6.07) is 4.08. The van der Waals surface area contributed by atoms with E-state index in [1.54, 1.807) is 11.8 Å². The Balaban J connectivity index is 1.78. The lowest BCUT2D eigenvalue weighted by atomic mass is 10.0. The maximum absolute atomic E-state index is 10.8. The van der Waals surface area contributed by atoms with Crippen LogP contribution in [0.25, 0.3) is 0 Å². The summed E-state index contributed by atoms with van der Waals surface area (Å²) in [7, 11) is 2.20. The van der Waals surface area contributed by atoms with E-state index < -0.39 is 4.92 Å². The molecule has 0 radical (unpaired) electrons. The Hall–Kier alpha value is -0.490. The molecule has 2 fully saturated rings. The zero-order valence-corrected chi connectivity index (χ0v) is 13.9. The Morgan fingerprint density at radius 2 is 1.76 bits per heavy atom. The van der Waals surface area contributed by atoms with Crippen LogP contribution in [0.3, 0.4) is 0 Å². The maximum atomic E-state index is 10.8. The van der Waals surface area contributed by atoms with Gasteiger partial charge in [0.05, 0.1) is 15.0 Å². The summed E-state index contributed by atoms with van der Waals surface area (Å²) >= 11 is 14.1. The molecule has 3 rings (SSSR count). The molecule has 0 amide bonds. The fourth-order valence-electron chi connectivity index (χ4n) is 3.39. The number of benzene rings is 1. The number of piperidine rings is 1. The first kappa shape index (κ1) is 15.4. The van der Waals surface area contributed by atoms with E-state index in [-0.39, 0.29) is 5.69 Å². The van der Waals surface area contributed by atoms with Gasteiger partial charge < -0.3 is 4.90 Å². The molecule has 1 aromatic carbocycles. The van der Waals surface area contributed by atoms with Gasteiger partial charge in [-0.3, -0.25) is 10.1 Å². The van der Waals surface area contributed by atoms with Crippen LogP contribution in [0, 0.1) is 10.1 Å². The zero-order chi connectivity index (χ0) is 15.1. The van der Waals surface area contributed by atoms with Gasteiger partial charge >= 0.3 is 0 Å². The second kappa shape index (κ2) is 5.95. The highest BCUT2D eigenvalue weighted by molar-refractivity contribution is 8.00. The second-order valence-corrected chi connectivity index (χ2v) is 7.88. The first-order chi connectivity index (χ1) is 9.95. The minimum atomic E-state index is -0.470. The fourth-order valence-corrected chi connectivity index (χ4v) is 5.44. The van der Waals surface area contributed by atoms with E-state index in [2.05, 4.69) is 11.9 Å². The van der Waals surface area contributed by atoms with Gasteiger partial charge in [-0.15, -0.1) is 11.8 Å². The number of hydrogen-bond acceptors (Lipinski definition) is 4. The van der Waals surface area contributed by atoms with Gasteiger partial charge in [0.15, 0.2) is 0 Å². The zero-order valence-electron chi connectivity index (χ0n) is 11.6. The van der Waals surface area contributed by atoms with Gasteiger partial charge in [-0.2, -0.15) is 0 Å². The summed E-state index contributed by atoms with van der Waals surface area (Å²) in [4.78, 5) is 13.6. The van der Waals surface area contributed by atoms with Gasteiger partial charge in [0.2, 0.25) is 0 Å². The molecule has 0 N–H and O–H groups in total. The van der Waals surface area contributed by atoms with Crippen LogP contribution in [0.15, 0.2) is 17.0 Å². The van der Waals surface area contributed by atoms with Crippen LogP contribution >= 0.6 is 35.0 Å². The third-order valence-electron chi connectivity index (χ3n) is 4.53. The lowest BCUT2D eigenvalue weighted by Crippen LogP contribution is -2.40. The van der Waals surface area contributed by atoms with Crippen molar-refractivity contribution >= 4 is 40.7 Å². The smallest absolute Gasteiger partial charge is 0.272 e. The van der Waals surface area contributed by atoms with Crippen molar-refractivity contribution in [1.82, 2.24) is 4.90 Å². The van der Waals surface area contributed by atoms with Crippen LogP contribution in [0.4, 0.5) is 5.69 Å². The molecule has 2 atom stereocenters. The predicted molar refractivity (Wildman–Crippen MR) is 86.6 cm³/mol. The average molecular weight is 347 g/mol. The third kappa shape index (κ3) is 3.02. The van der Waals surface area contributed by atoms with Crippen molar-refractivity contribution < 1.29 is 4.92 Å². The second-order valence-electron chi connectivity index (χ2n) is 5.76. The normalized spacial score (nSPS) is 28.8. The van der Waals surface area contributed by atoms with E-state index in [0.29, 0.717) is 27.4 Å².